The van der Waals surface area contributed by atoms with Crippen molar-refractivity contribution < 1.29 is 19.4 Å². The molecule has 0 saturated carbocycles. The number of carbonyl (C=O) groups excluding carboxylic acids is 1. The summed E-state index contributed by atoms with van der Waals surface area (Å²) < 4.78 is 10.6. The van der Waals surface area contributed by atoms with Crippen LogP contribution in [-0.2, 0) is 14.3 Å². The van der Waals surface area contributed by atoms with Gasteiger partial charge in [0.2, 0.25) is 5.91 Å². The van der Waals surface area contributed by atoms with E-state index in [2.05, 4.69) is 0 Å². The van der Waals surface area contributed by atoms with Gasteiger partial charge in [-0.05, 0) is 27.7 Å². The van der Waals surface area contributed by atoms with Gasteiger partial charge in [0.1, 0.15) is 0 Å². The minimum absolute atomic E-state index is 0. The Morgan fingerprint density at radius 3 is 2.35 bits per heavy atom. The predicted octanol–water partition coefficient (Wildman–Crippen LogP) is 0.406. The van der Waals surface area contributed by atoms with Gasteiger partial charge < -0.3 is 25.2 Å². The highest BCUT2D eigenvalue weighted by atomic mass is 35.5. The van der Waals surface area contributed by atoms with Crippen LogP contribution in [0.4, 0.5) is 0 Å². The Morgan fingerprint density at radius 1 is 1.35 bits per heavy atom. The molecule has 0 rings (SSSR count). The molecule has 0 radical (unpaired) electrons. The van der Waals surface area contributed by atoms with Gasteiger partial charge in [0, 0.05) is 13.6 Å². The average Bonchev–Trinajstić information content (AvgIpc) is 2.25. The average molecular weight is 313 g/mol. The van der Waals surface area contributed by atoms with E-state index in [1.807, 2.05) is 13.8 Å². The molecule has 0 aromatic rings. The third-order valence-corrected chi connectivity index (χ3v) is 2.37. The van der Waals surface area contributed by atoms with Gasteiger partial charge in [-0.15, -0.1) is 12.4 Å². The number of carbonyl (C=O) groups is 1. The molecule has 3 N–H and O–H groups in total. The zero-order chi connectivity index (χ0) is 15.1. The van der Waals surface area contributed by atoms with Gasteiger partial charge in [-0.1, -0.05) is 0 Å². The molecule has 0 aromatic heterocycles. The summed E-state index contributed by atoms with van der Waals surface area (Å²) in [5.74, 6) is -0.213. The molecule has 20 heavy (non-hydrogen) atoms. The first-order valence-corrected chi connectivity index (χ1v) is 6.56. The van der Waals surface area contributed by atoms with Crippen LogP contribution < -0.4 is 5.73 Å². The van der Waals surface area contributed by atoms with Crippen LogP contribution in [0.2, 0.25) is 0 Å². The molecule has 1 atom stereocenters. The van der Waals surface area contributed by atoms with Gasteiger partial charge in [0.25, 0.3) is 0 Å². The van der Waals surface area contributed by atoms with E-state index in [-0.39, 0.29) is 37.6 Å². The van der Waals surface area contributed by atoms with E-state index in [1.54, 1.807) is 20.9 Å². The maximum Gasteiger partial charge on any atom is 0.241 e. The molecule has 6 nitrogen and oxygen atoms in total. The van der Waals surface area contributed by atoms with Gasteiger partial charge in [-0.25, -0.2) is 0 Å². The zero-order valence-corrected chi connectivity index (χ0v) is 13.9. The molecule has 0 aromatic carbocycles. The second kappa shape index (κ2) is 10.3. The smallest absolute Gasteiger partial charge is 0.241 e. The van der Waals surface area contributed by atoms with Crippen LogP contribution >= 0.6 is 12.4 Å². The molecule has 122 valence electrons. The van der Waals surface area contributed by atoms with Gasteiger partial charge >= 0.3 is 0 Å². The first kappa shape index (κ1) is 21.9. The summed E-state index contributed by atoms with van der Waals surface area (Å²) in [4.78, 5) is 13.2. The summed E-state index contributed by atoms with van der Waals surface area (Å²) in [5, 5.41) is 9.74. The highest BCUT2D eigenvalue weighted by Crippen LogP contribution is 2.03. The third-order valence-electron chi connectivity index (χ3n) is 2.37. The lowest BCUT2D eigenvalue weighted by atomic mass is 10.1. The summed E-state index contributed by atoms with van der Waals surface area (Å²) >= 11 is 0. The highest BCUT2D eigenvalue weighted by Gasteiger charge is 2.26. The van der Waals surface area contributed by atoms with Crippen LogP contribution in [0.5, 0.6) is 0 Å². The number of amides is 1. The Bertz CT molecular complexity index is 270. The summed E-state index contributed by atoms with van der Waals surface area (Å²) in [5.41, 5.74) is 4.77. The van der Waals surface area contributed by atoms with Crippen molar-refractivity contribution in [1.82, 2.24) is 4.90 Å². The molecular formula is C13H29ClN2O4. The Balaban J connectivity index is 0. The van der Waals surface area contributed by atoms with Crippen molar-refractivity contribution in [3.8, 4) is 0 Å². The Hall–Kier alpha value is -0.400. The summed E-state index contributed by atoms with van der Waals surface area (Å²) in [6.45, 7) is 8.46. The van der Waals surface area contributed by atoms with E-state index in [4.69, 9.17) is 15.2 Å². The van der Waals surface area contributed by atoms with Crippen molar-refractivity contribution in [3.05, 3.63) is 0 Å². The molecule has 1 unspecified atom stereocenters. The lowest BCUT2D eigenvalue weighted by Gasteiger charge is -2.27. The van der Waals surface area contributed by atoms with E-state index in [0.29, 0.717) is 13.2 Å². The molecule has 0 aliphatic rings. The summed E-state index contributed by atoms with van der Waals surface area (Å²) in [6, 6.07) is 0. The number of aliphatic hydroxyl groups is 1. The van der Waals surface area contributed by atoms with Crippen molar-refractivity contribution in [2.45, 2.75) is 45.4 Å². The van der Waals surface area contributed by atoms with Crippen LogP contribution in [0.1, 0.15) is 27.7 Å². The van der Waals surface area contributed by atoms with E-state index < -0.39 is 11.6 Å². The van der Waals surface area contributed by atoms with Crippen molar-refractivity contribution in [2.75, 3.05) is 33.4 Å². The number of halogens is 1. The lowest BCUT2D eigenvalue weighted by molar-refractivity contribution is -0.136. The number of ether oxygens (including phenoxy) is 2. The van der Waals surface area contributed by atoms with Crippen LogP contribution in [-0.4, -0.2) is 67.1 Å². The van der Waals surface area contributed by atoms with Gasteiger partial charge in [-0.2, -0.15) is 0 Å². The maximum atomic E-state index is 11.8. The van der Waals surface area contributed by atoms with E-state index in [1.165, 1.54) is 4.90 Å². The Labute approximate surface area is 128 Å². The van der Waals surface area contributed by atoms with Crippen molar-refractivity contribution in [2.24, 2.45) is 5.73 Å². The first-order chi connectivity index (χ1) is 8.64. The monoisotopic (exact) mass is 312 g/mol. The number of hydrogen-bond donors (Lipinski definition) is 2. The summed E-state index contributed by atoms with van der Waals surface area (Å²) in [7, 11) is 1.61. The number of nitrogens with two attached hydrogens (primary N) is 1. The second-order valence-electron chi connectivity index (χ2n) is 5.56. The van der Waals surface area contributed by atoms with Gasteiger partial charge in [0.15, 0.2) is 0 Å². The minimum Gasteiger partial charge on any atom is -0.389 e. The molecule has 0 bridgehead atoms. The molecule has 0 spiro atoms. The molecule has 0 aliphatic heterocycles. The van der Waals surface area contributed by atoms with Crippen LogP contribution in [0.3, 0.4) is 0 Å². The van der Waals surface area contributed by atoms with E-state index >= 15 is 0 Å². The maximum absolute atomic E-state index is 11.8. The molecular weight excluding hydrogens is 284 g/mol. The molecule has 1 amide bonds. The number of rotatable bonds is 9. The standard InChI is InChI=1S/C13H28N2O4.ClH/c1-10(2)19-7-6-18-9-11(16)8-15(5)12(17)13(3,4)14;/h10-11,16H,6-9,14H2,1-5H3;1H. The van der Waals surface area contributed by atoms with Crippen molar-refractivity contribution in [1.29, 1.82) is 0 Å². The van der Waals surface area contributed by atoms with Crippen LogP contribution in [0.25, 0.3) is 0 Å². The second-order valence-corrected chi connectivity index (χ2v) is 5.56. The number of hydrogen-bond acceptors (Lipinski definition) is 5. The van der Waals surface area contributed by atoms with Gasteiger partial charge in [0.05, 0.1) is 37.6 Å². The first-order valence-electron chi connectivity index (χ1n) is 6.56. The fraction of sp³-hybridized carbons (Fsp3) is 0.923. The van der Waals surface area contributed by atoms with Crippen LogP contribution in [0.15, 0.2) is 0 Å². The van der Waals surface area contributed by atoms with E-state index in [9.17, 15) is 9.90 Å². The fourth-order valence-electron chi connectivity index (χ4n) is 1.51. The molecule has 0 aliphatic carbocycles. The number of nitrogens with zero attached hydrogens (tertiary/aromatic N) is 1. The molecule has 0 heterocycles. The van der Waals surface area contributed by atoms with Crippen LogP contribution in [0, 0.1) is 0 Å². The molecule has 7 heteroatoms. The van der Waals surface area contributed by atoms with E-state index in [0.717, 1.165) is 0 Å². The lowest BCUT2D eigenvalue weighted by Crippen LogP contribution is -2.51. The third kappa shape index (κ3) is 10.4. The number of likely N-dealkylation sites (N-methyl/N-ethyl adjacent to an activating group) is 1. The topological polar surface area (TPSA) is 85.0 Å². The molecule has 0 fully saturated rings. The van der Waals surface area contributed by atoms with Crippen molar-refractivity contribution >= 4 is 18.3 Å². The molecule has 0 saturated heterocycles. The Kier molecular flexibility index (Phi) is 11.3. The number of aliphatic hydroxyl groups excluding tert-OH is 1. The predicted molar refractivity (Wildman–Crippen MR) is 81.1 cm³/mol. The van der Waals surface area contributed by atoms with Gasteiger partial charge in [-0.3, -0.25) is 4.79 Å². The van der Waals surface area contributed by atoms with Crippen molar-refractivity contribution in [3.63, 3.8) is 0 Å². The summed E-state index contributed by atoms with van der Waals surface area (Å²) in [6.07, 6.45) is -0.556. The largest absolute Gasteiger partial charge is 0.389 e. The fourth-order valence-corrected chi connectivity index (χ4v) is 1.51. The Morgan fingerprint density at radius 2 is 1.90 bits per heavy atom. The zero-order valence-electron chi connectivity index (χ0n) is 13.1. The quantitative estimate of drug-likeness (QED) is 0.602. The SMILES string of the molecule is CC(C)OCCOCC(O)CN(C)C(=O)C(C)(C)N.Cl. The minimum atomic E-state index is -0.930. The normalized spacial score (nSPS) is 13.0. The highest BCUT2D eigenvalue weighted by molar-refractivity contribution is 5.85.